The summed E-state index contributed by atoms with van der Waals surface area (Å²) in [4.78, 5) is 28.8. The first-order valence-electron chi connectivity index (χ1n) is 15.1. The predicted octanol–water partition coefficient (Wildman–Crippen LogP) is 8.11. The Morgan fingerprint density at radius 1 is 0.935 bits per heavy atom. The van der Waals surface area contributed by atoms with Crippen molar-refractivity contribution in [1.29, 1.82) is 0 Å². The minimum Gasteiger partial charge on any atom is -0.507 e. The van der Waals surface area contributed by atoms with E-state index in [0.717, 1.165) is 22.9 Å². The van der Waals surface area contributed by atoms with Gasteiger partial charge in [0, 0.05) is 11.3 Å². The third-order valence-electron chi connectivity index (χ3n) is 7.65. The molecule has 0 radical (unpaired) electrons. The molecule has 0 saturated carbocycles. The largest absolute Gasteiger partial charge is 0.507 e. The van der Waals surface area contributed by atoms with Crippen LogP contribution in [0.15, 0.2) is 94.8 Å². The van der Waals surface area contributed by atoms with Crippen LogP contribution in [0.3, 0.4) is 0 Å². The first-order valence-corrected chi connectivity index (χ1v) is 16.9. The Bertz CT molecular complexity index is 1930. The molecule has 4 aromatic carbocycles. The number of nitrogens with zero attached hydrogens (tertiary/aromatic N) is 3. The van der Waals surface area contributed by atoms with Gasteiger partial charge in [0.05, 0.1) is 24.8 Å². The van der Waals surface area contributed by atoms with Crippen LogP contribution < -0.4 is 14.4 Å². The highest BCUT2D eigenvalue weighted by atomic mass is 32.2. The topological polar surface area (TPSA) is 102 Å². The van der Waals surface area contributed by atoms with Crippen molar-refractivity contribution in [3.05, 3.63) is 113 Å². The Kier molecular flexibility index (Phi) is 9.37. The number of Topliss-reactive ketones (excluding diaryl/α,β-unsaturated/α-hetero) is 1. The number of amides is 1. The third kappa shape index (κ3) is 6.23. The van der Waals surface area contributed by atoms with Gasteiger partial charge < -0.3 is 14.6 Å². The van der Waals surface area contributed by atoms with Gasteiger partial charge in [0.25, 0.3) is 5.78 Å². The standard InChI is InChI=1S/C36H33N3O5S2/c1-4-19-44-28-18-17-25(20-29(28)43-5-2)31-30(32(40)24-15-13-22(3)14-16-24)33(41)34(42)39(31)35-37-38-36(46-35)45-21-26-11-8-10-23-9-6-7-12-27(23)26/h6-18,20,31,40H,4-5,19,21H2,1-3H3/b32-30+. The Morgan fingerprint density at radius 3 is 2.50 bits per heavy atom. The molecule has 5 aromatic rings. The lowest BCUT2D eigenvalue weighted by molar-refractivity contribution is -0.132. The number of aromatic nitrogens is 2. The number of aliphatic hydroxyl groups excluding tert-OH is 1. The van der Waals surface area contributed by atoms with Crippen LogP contribution in [0.1, 0.15) is 48.6 Å². The lowest BCUT2D eigenvalue weighted by atomic mass is 9.95. The monoisotopic (exact) mass is 651 g/mol. The highest BCUT2D eigenvalue weighted by Gasteiger charge is 2.48. The van der Waals surface area contributed by atoms with Crippen molar-refractivity contribution in [1.82, 2.24) is 10.2 Å². The van der Waals surface area contributed by atoms with Crippen LogP contribution in [0.4, 0.5) is 5.13 Å². The van der Waals surface area contributed by atoms with E-state index in [1.807, 2.05) is 51.1 Å². The van der Waals surface area contributed by atoms with Gasteiger partial charge in [-0.05, 0) is 54.3 Å². The Balaban J connectivity index is 1.40. The van der Waals surface area contributed by atoms with Crippen LogP contribution in [0.5, 0.6) is 11.5 Å². The molecule has 2 heterocycles. The maximum Gasteiger partial charge on any atom is 0.301 e. The van der Waals surface area contributed by atoms with Crippen LogP contribution >= 0.6 is 23.1 Å². The molecule has 8 nitrogen and oxygen atoms in total. The maximum absolute atomic E-state index is 13.8. The number of carbonyl (C=O) groups excluding carboxylic acids is 2. The van der Waals surface area contributed by atoms with Crippen LogP contribution in [0.25, 0.3) is 16.5 Å². The summed E-state index contributed by atoms with van der Waals surface area (Å²) in [6.45, 7) is 6.73. The summed E-state index contributed by atoms with van der Waals surface area (Å²) >= 11 is 2.75. The van der Waals surface area contributed by atoms with Crippen LogP contribution in [0.2, 0.25) is 0 Å². The first kappa shape index (κ1) is 31.3. The van der Waals surface area contributed by atoms with Crippen LogP contribution in [-0.4, -0.2) is 40.2 Å². The van der Waals surface area contributed by atoms with E-state index in [1.54, 1.807) is 30.3 Å². The van der Waals surface area contributed by atoms with Crippen molar-refractivity contribution in [2.75, 3.05) is 18.1 Å². The van der Waals surface area contributed by atoms with Crippen molar-refractivity contribution in [3.8, 4) is 11.5 Å². The first-order chi connectivity index (χ1) is 22.4. The summed E-state index contributed by atoms with van der Waals surface area (Å²) in [7, 11) is 0. The molecule has 1 aliphatic heterocycles. The number of hydrogen-bond acceptors (Lipinski definition) is 9. The number of fused-ring (bicyclic) bond motifs is 1. The zero-order chi connectivity index (χ0) is 32.2. The normalized spacial score (nSPS) is 15.9. The second-order valence-corrected chi connectivity index (χ2v) is 13.0. The fraction of sp³-hybridized carbons (Fsp3) is 0.222. The van der Waals surface area contributed by atoms with Crippen molar-refractivity contribution in [2.24, 2.45) is 0 Å². The van der Waals surface area contributed by atoms with Crippen LogP contribution in [0, 0.1) is 6.92 Å². The van der Waals surface area contributed by atoms with Crippen molar-refractivity contribution >= 4 is 56.5 Å². The molecular weight excluding hydrogens is 619 g/mol. The number of ketones is 1. The lowest BCUT2D eigenvalue weighted by Crippen LogP contribution is -2.29. The zero-order valence-corrected chi connectivity index (χ0v) is 27.4. The molecule has 0 spiro atoms. The fourth-order valence-corrected chi connectivity index (χ4v) is 7.29. The molecule has 234 valence electrons. The number of thioether (sulfide) groups is 1. The molecule has 10 heteroatoms. The molecule has 1 saturated heterocycles. The smallest absolute Gasteiger partial charge is 0.301 e. The minimum atomic E-state index is -0.968. The van der Waals surface area contributed by atoms with Gasteiger partial charge in [0.2, 0.25) is 5.13 Å². The molecule has 46 heavy (non-hydrogen) atoms. The van der Waals surface area contributed by atoms with Gasteiger partial charge in [-0.15, -0.1) is 10.2 Å². The number of benzene rings is 4. The number of hydrogen-bond donors (Lipinski definition) is 1. The fourth-order valence-electron chi connectivity index (χ4n) is 5.42. The Labute approximate surface area is 275 Å². The van der Waals surface area contributed by atoms with E-state index < -0.39 is 17.7 Å². The summed E-state index contributed by atoms with van der Waals surface area (Å²) in [6.07, 6.45) is 0.821. The molecule has 0 bridgehead atoms. The van der Waals surface area contributed by atoms with E-state index in [2.05, 4.69) is 34.5 Å². The van der Waals surface area contributed by atoms with Gasteiger partial charge >= 0.3 is 5.91 Å². The summed E-state index contributed by atoms with van der Waals surface area (Å²) in [5.74, 6) is -0.144. The van der Waals surface area contributed by atoms with E-state index in [-0.39, 0.29) is 16.5 Å². The van der Waals surface area contributed by atoms with Crippen molar-refractivity contribution in [3.63, 3.8) is 0 Å². The Hall–Kier alpha value is -4.67. The number of rotatable bonds is 11. The van der Waals surface area contributed by atoms with Gasteiger partial charge in [0.15, 0.2) is 15.8 Å². The molecule has 1 unspecified atom stereocenters. The average Bonchev–Trinajstić information content (AvgIpc) is 3.64. The number of aryl methyl sites for hydroxylation is 1. The summed E-state index contributed by atoms with van der Waals surface area (Å²) in [5.41, 5.74) is 3.14. The predicted molar refractivity (Wildman–Crippen MR) is 183 cm³/mol. The summed E-state index contributed by atoms with van der Waals surface area (Å²) in [5, 5.41) is 22.9. The molecular formula is C36H33N3O5S2. The van der Waals surface area contributed by atoms with Gasteiger partial charge in [-0.2, -0.15) is 0 Å². The van der Waals surface area contributed by atoms with E-state index >= 15 is 0 Å². The highest BCUT2D eigenvalue weighted by molar-refractivity contribution is 8.00. The molecule has 1 aliphatic rings. The van der Waals surface area contributed by atoms with Gasteiger partial charge in [-0.25, -0.2) is 0 Å². The van der Waals surface area contributed by atoms with Crippen molar-refractivity contribution < 1.29 is 24.2 Å². The Morgan fingerprint density at radius 2 is 1.72 bits per heavy atom. The molecule has 1 N–H and O–H groups in total. The van der Waals surface area contributed by atoms with E-state index in [1.165, 1.54) is 33.4 Å². The summed E-state index contributed by atoms with van der Waals surface area (Å²) < 4.78 is 12.5. The maximum atomic E-state index is 13.8. The van der Waals surface area contributed by atoms with E-state index in [9.17, 15) is 14.7 Å². The second kappa shape index (κ2) is 13.8. The second-order valence-electron chi connectivity index (χ2n) is 10.8. The number of anilines is 1. The highest BCUT2D eigenvalue weighted by Crippen LogP contribution is 2.46. The molecule has 1 aromatic heterocycles. The van der Waals surface area contributed by atoms with Crippen LogP contribution in [-0.2, 0) is 15.3 Å². The van der Waals surface area contributed by atoms with Crippen molar-refractivity contribution in [2.45, 2.75) is 43.3 Å². The lowest BCUT2D eigenvalue weighted by Gasteiger charge is -2.23. The van der Waals surface area contributed by atoms with E-state index in [4.69, 9.17) is 9.47 Å². The molecule has 1 fully saturated rings. The zero-order valence-electron chi connectivity index (χ0n) is 25.7. The molecule has 1 atom stereocenters. The molecule has 1 amide bonds. The van der Waals surface area contributed by atoms with Gasteiger partial charge in [-0.3, -0.25) is 14.5 Å². The van der Waals surface area contributed by atoms with Gasteiger partial charge in [0.1, 0.15) is 5.76 Å². The number of carbonyl (C=O) groups is 2. The summed E-state index contributed by atoms with van der Waals surface area (Å²) in [6, 6.07) is 25.9. The number of ether oxygens (including phenoxy) is 2. The number of aliphatic hydroxyl groups is 1. The third-order valence-corrected chi connectivity index (χ3v) is 9.75. The quantitative estimate of drug-likeness (QED) is 0.0503. The van der Waals surface area contributed by atoms with Gasteiger partial charge in [-0.1, -0.05) is 108 Å². The SMILES string of the molecule is CCCOc1ccc(C2/C(=C(\O)c3ccc(C)cc3)C(=O)C(=O)N2c2nnc(SCc3cccc4ccccc34)s2)cc1OCC. The average molecular weight is 652 g/mol. The van der Waals surface area contributed by atoms with E-state index in [0.29, 0.717) is 45.9 Å². The molecule has 0 aliphatic carbocycles. The molecule has 6 rings (SSSR count). The minimum absolute atomic E-state index is 0.0290.